The van der Waals surface area contributed by atoms with E-state index in [1.807, 2.05) is 6.26 Å². The van der Waals surface area contributed by atoms with Gasteiger partial charge in [0.05, 0.1) is 11.3 Å². The van der Waals surface area contributed by atoms with Crippen LogP contribution in [0.4, 0.5) is 0 Å². The van der Waals surface area contributed by atoms with E-state index < -0.39 is 44.6 Å². The molecule has 0 heterocycles. The summed E-state index contributed by atoms with van der Waals surface area (Å²) < 4.78 is 17.7. The van der Waals surface area contributed by atoms with Crippen molar-refractivity contribution in [3.8, 4) is 0 Å². The van der Waals surface area contributed by atoms with E-state index >= 15 is 0 Å². The van der Waals surface area contributed by atoms with Gasteiger partial charge in [-0.1, -0.05) is 20.8 Å². The summed E-state index contributed by atoms with van der Waals surface area (Å²) in [5.74, 6) is -1.16. The second-order valence-electron chi connectivity index (χ2n) is 8.42. The first-order chi connectivity index (χ1) is 12.2. The van der Waals surface area contributed by atoms with Gasteiger partial charge in [0.15, 0.2) is 20.5 Å². The Hall–Kier alpha value is -1.06. The number of ether oxygens (including phenoxy) is 2. The Morgan fingerprint density at radius 3 is 1.78 bits per heavy atom. The average Bonchev–Trinajstić information content (AvgIpc) is 2.69. The van der Waals surface area contributed by atoms with Crippen molar-refractivity contribution in [2.45, 2.75) is 89.3 Å². The molecule has 27 heavy (non-hydrogen) atoms. The molecule has 0 bridgehead atoms. The summed E-state index contributed by atoms with van der Waals surface area (Å²) in [6.45, 7) is 14.6. The quantitative estimate of drug-likeness (QED) is 0.522. The largest absolute Gasteiger partial charge is 0.457 e. The van der Waals surface area contributed by atoms with E-state index in [0.29, 0.717) is 0 Å². The van der Waals surface area contributed by atoms with Crippen LogP contribution >= 0.6 is 11.8 Å². The lowest BCUT2D eigenvalue weighted by molar-refractivity contribution is -0.167. The summed E-state index contributed by atoms with van der Waals surface area (Å²) in [5, 5.41) is 2.55. The van der Waals surface area contributed by atoms with Gasteiger partial charge < -0.3 is 19.2 Å². The number of amides is 1. The molecule has 1 aliphatic carbocycles. The van der Waals surface area contributed by atoms with Crippen LogP contribution in [0.1, 0.15) is 41.5 Å². The molecule has 0 saturated heterocycles. The fourth-order valence-electron chi connectivity index (χ4n) is 2.96. The highest BCUT2D eigenvalue weighted by Crippen LogP contribution is 2.42. The number of hydrogen-bond acceptors (Lipinski definition) is 7. The molecule has 0 aromatic rings. The lowest BCUT2D eigenvalue weighted by Crippen LogP contribution is -2.54. The molecule has 1 amide bonds. The molecule has 5 atom stereocenters. The zero-order valence-electron chi connectivity index (χ0n) is 17.7. The van der Waals surface area contributed by atoms with Gasteiger partial charge >= 0.3 is 11.9 Å². The van der Waals surface area contributed by atoms with Crippen molar-refractivity contribution >= 4 is 37.9 Å². The standard InChI is InChI=1S/C18H33NO6SSi/c1-10(20)19-13-14(25-27(8,9)18(4,5)6)15(23-11(2)21)16(17(13)26-7)24-12(3)22/h13-17H,1-9H3,(H,19,20)/t13-,14-,15+,16+,17+/m0/s1. The van der Waals surface area contributed by atoms with E-state index in [4.69, 9.17) is 13.9 Å². The molecule has 0 aliphatic heterocycles. The van der Waals surface area contributed by atoms with Crippen LogP contribution in [0.25, 0.3) is 0 Å². The van der Waals surface area contributed by atoms with Gasteiger partial charge in [-0.3, -0.25) is 14.4 Å². The summed E-state index contributed by atoms with van der Waals surface area (Å²) >= 11 is 1.45. The molecule has 1 saturated carbocycles. The minimum absolute atomic E-state index is 0.0804. The molecule has 1 N–H and O–H groups in total. The van der Waals surface area contributed by atoms with E-state index in [2.05, 4.69) is 39.2 Å². The van der Waals surface area contributed by atoms with E-state index in [-0.39, 0.29) is 16.2 Å². The van der Waals surface area contributed by atoms with Crippen molar-refractivity contribution < 1.29 is 28.3 Å². The second kappa shape index (κ2) is 8.96. The van der Waals surface area contributed by atoms with Crippen molar-refractivity contribution in [1.82, 2.24) is 5.32 Å². The second-order valence-corrected chi connectivity index (χ2v) is 14.2. The third kappa shape index (κ3) is 5.96. The van der Waals surface area contributed by atoms with Crippen molar-refractivity contribution in [3.63, 3.8) is 0 Å². The van der Waals surface area contributed by atoms with E-state index in [1.165, 1.54) is 32.5 Å². The smallest absolute Gasteiger partial charge is 0.303 e. The van der Waals surface area contributed by atoms with E-state index in [0.717, 1.165) is 0 Å². The molecule has 1 aliphatic rings. The van der Waals surface area contributed by atoms with Gasteiger partial charge in [0.2, 0.25) is 5.91 Å². The van der Waals surface area contributed by atoms with Crippen molar-refractivity contribution in [3.05, 3.63) is 0 Å². The van der Waals surface area contributed by atoms with Crippen molar-refractivity contribution in [2.24, 2.45) is 0 Å². The van der Waals surface area contributed by atoms with Crippen LogP contribution in [0.15, 0.2) is 0 Å². The molecule has 0 aromatic heterocycles. The highest BCUT2D eigenvalue weighted by atomic mass is 32.2. The highest BCUT2D eigenvalue weighted by Gasteiger charge is 2.57. The number of carbonyl (C=O) groups is 3. The monoisotopic (exact) mass is 419 g/mol. The lowest BCUT2D eigenvalue weighted by atomic mass is 10.2. The first-order valence-corrected chi connectivity index (χ1v) is 13.2. The summed E-state index contributed by atoms with van der Waals surface area (Å²) in [6, 6.07) is -0.444. The average molecular weight is 420 g/mol. The van der Waals surface area contributed by atoms with Crippen LogP contribution in [0.3, 0.4) is 0 Å². The molecule has 0 radical (unpaired) electrons. The van der Waals surface area contributed by atoms with Crippen LogP contribution in [-0.2, 0) is 28.3 Å². The Morgan fingerprint density at radius 2 is 1.41 bits per heavy atom. The highest BCUT2D eigenvalue weighted by molar-refractivity contribution is 7.99. The Morgan fingerprint density at radius 1 is 0.926 bits per heavy atom. The van der Waals surface area contributed by atoms with Gasteiger partial charge in [0.1, 0.15) is 6.10 Å². The molecule has 1 rings (SSSR count). The molecule has 0 unspecified atom stereocenters. The summed E-state index contributed by atoms with van der Waals surface area (Å²) in [7, 11) is -2.26. The first kappa shape index (κ1) is 24.0. The summed E-state index contributed by atoms with van der Waals surface area (Å²) in [5.41, 5.74) is 0. The SMILES string of the molecule is CS[C@@H]1[C@@H](NC(C)=O)[C@H](O[Si](C)(C)C(C)(C)C)[C@@H](OC(C)=O)[C@H]1OC(C)=O. The third-order valence-corrected chi connectivity index (χ3v) is 10.7. The van der Waals surface area contributed by atoms with Crippen molar-refractivity contribution in [2.75, 3.05) is 6.26 Å². The molecule has 7 nitrogen and oxygen atoms in total. The Bertz CT molecular complexity index is 577. The molecular weight excluding hydrogens is 386 g/mol. The number of carbonyl (C=O) groups excluding carboxylic acids is 3. The number of hydrogen-bond donors (Lipinski definition) is 1. The number of rotatable bonds is 6. The normalized spacial score (nSPS) is 28.6. The van der Waals surface area contributed by atoms with Crippen LogP contribution in [0, 0.1) is 0 Å². The zero-order chi connectivity index (χ0) is 21.2. The number of thioether (sulfide) groups is 1. The molecule has 0 aromatic carbocycles. The van der Waals surface area contributed by atoms with E-state index in [9.17, 15) is 14.4 Å². The first-order valence-electron chi connectivity index (χ1n) is 9.03. The molecule has 156 valence electrons. The zero-order valence-corrected chi connectivity index (χ0v) is 19.6. The fraction of sp³-hybridized carbons (Fsp3) is 0.833. The van der Waals surface area contributed by atoms with Gasteiger partial charge in [-0.05, 0) is 24.4 Å². The third-order valence-electron chi connectivity index (χ3n) is 5.16. The minimum Gasteiger partial charge on any atom is -0.457 e. The van der Waals surface area contributed by atoms with Gasteiger partial charge in [-0.15, -0.1) is 0 Å². The fourth-order valence-corrected chi connectivity index (χ4v) is 5.27. The number of nitrogens with one attached hydrogen (secondary N) is 1. The number of esters is 2. The minimum atomic E-state index is -2.26. The molecule has 1 fully saturated rings. The molecule has 0 spiro atoms. The Kier molecular flexibility index (Phi) is 7.95. The topological polar surface area (TPSA) is 90.9 Å². The van der Waals surface area contributed by atoms with E-state index in [1.54, 1.807) is 0 Å². The maximum absolute atomic E-state index is 11.8. The van der Waals surface area contributed by atoms with Gasteiger partial charge in [0.25, 0.3) is 0 Å². The maximum Gasteiger partial charge on any atom is 0.303 e. The molecular formula is C18H33NO6SSi. The van der Waals surface area contributed by atoms with Crippen LogP contribution in [0.5, 0.6) is 0 Å². The lowest BCUT2D eigenvalue weighted by Gasteiger charge is -2.41. The Balaban J connectivity index is 3.39. The van der Waals surface area contributed by atoms with Crippen LogP contribution in [0.2, 0.25) is 18.1 Å². The molecule has 9 heteroatoms. The summed E-state index contributed by atoms with van der Waals surface area (Å²) in [6.07, 6.45) is -0.210. The van der Waals surface area contributed by atoms with Gasteiger partial charge in [-0.25, -0.2) is 0 Å². The predicted molar refractivity (Wildman–Crippen MR) is 108 cm³/mol. The van der Waals surface area contributed by atoms with Gasteiger partial charge in [0, 0.05) is 20.8 Å². The predicted octanol–water partition coefficient (Wildman–Crippen LogP) is 2.49. The Labute approximate surface area is 167 Å². The van der Waals surface area contributed by atoms with Crippen LogP contribution in [-0.4, -0.2) is 62.0 Å². The summed E-state index contributed by atoms with van der Waals surface area (Å²) in [4.78, 5) is 35.3. The maximum atomic E-state index is 11.8. The van der Waals surface area contributed by atoms with Crippen molar-refractivity contribution in [1.29, 1.82) is 0 Å². The van der Waals surface area contributed by atoms with Crippen LogP contribution < -0.4 is 5.32 Å². The van der Waals surface area contributed by atoms with Gasteiger partial charge in [-0.2, -0.15) is 11.8 Å².